The number of phenolic OH excluding ortho intramolecular Hbond substituents is 1. The molecule has 0 saturated heterocycles. The van der Waals surface area contributed by atoms with Gasteiger partial charge in [-0.15, -0.1) is 11.3 Å². The Bertz CT molecular complexity index is 776. The highest BCUT2D eigenvalue weighted by Gasteiger charge is 2.42. The number of para-hydroxylation sites is 2. The van der Waals surface area contributed by atoms with Crippen molar-refractivity contribution in [2.24, 2.45) is 0 Å². The van der Waals surface area contributed by atoms with Crippen LogP contribution in [0.4, 0.5) is 10.8 Å². The van der Waals surface area contributed by atoms with Gasteiger partial charge in [-0.1, -0.05) is 19.1 Å². The molecule has 2 aromatic rings. The minimum atomic E-state index is -1.11. The van der Waals surface area contributed by atoms with E-state index in [9.17, 15) is 14.7 Å². The summed E-state index contributed by atoms with van der Waals surface area (Å²) in [5, 5.41) is 24.2. The summed E-state index contributed by atoms with van der Waals surface area (Å²) >= 11 is 1.28. The smallest absolute Gasteiger partial charge is 0.318 e. The van der Waals surface area contributed by atoms with E-state index in [0.29, 0.717) is 22.9 Å². The highest BCUT2D eigenvalue weighted by molar-refractivity contribution is 7.13. The lowest BCUT2D eigenvalue weighted by Crippen LogP contribution is -2.38. The van der Waals surface area contributed by atoms with Crippen LogP contribution in [0.1, 0.15) is 38.8 Å². The molecule has 140 valence electrons. The van der Waals surface area contributed by atoms with E-state index < -0.39 is 17.4 Å². The zero-order valence-electron chi connectivity index (χ0n) is 14.7. The second-order valence-electron chi connectivity index (χ2n) is 5.73. The van der Waals surface area contributed by atoms with E-state index in [1.165, 1.54) is 11.3 Å². The van der Waals surface area contributed by atoms with Gasteiger partial charge in [-0.05, 0) is 31.9 Å². The molecule has 1 unspecified atom stereocenters. The van der Waals surface area contributed by atoms with Crippen molar-refractivity contribution in [3.05, 3.63) is 35.3 Å². The number of nitrogens with one attached hydrogen (secondary N) is 1. The van der Waals surface area contributed by atoms with Crippen LogP contribution in [0.3, 0.4) is 0 Å². The molecule has 0 bridgehead atoms. The molecule has 2 rings (SSSR count). The topological polar surface area (TPSA) is 109 Å². The van der Waals surface area contributed by atoms with Gasteiger partial charge in [0.25, 0.3) is 0 Å². The van der Waals surface area contributed by atoms with E-state index in [2.05, 4.69) is 10.3 Å². The highest BCUT2D eigenvalue weighted by atomic mass is 32.1. The van der Waals surface area contributed by atoms with Crippen LogP contribution in [0.5, 0.6) is 5.75 Å². The zero-order valence-corrected chi connectivity index (χ0v) is 15.5. The number of anilines is 2. The standard InChI is InChI=1S/C18H22N2O5S/c1-3-18(10-9-15(22)23,16(24)25-4-2)14-11-26-17(20-14)19-12-7-5-6-8-13(12)21/h5-8,11,21H,3-4,9-10H2,1-2H3,(H,19,20)(H,22,23). The summed E-state index contributed by atoms with van der Waals surface area (Å²) in [4.78, 5) is 28.1. The fourth-order valence-corrected chi connectivity index (χ4v) is 3.49. The molecule has 7 nitrogen and oxygen atoms in total. The Morgan fingerprint density at radius 2 is 2.04 bits per heavy atom. The van der Waals surface area contributed by atoms with E-state index in [1.807, 2.05) is 6.92 Å². The Morgan fingerprint density at radius 1 is 1.31 bits per heavy atom. The third-order valence-corrected chi connectivity index (χ3v) is 4.93. The summed E-state index contributed by atoms with van der Waals surface area (Å²) in [6, 6.07) is 6.75. The van der Waals surface area contributed by atoms with Gasteiger partial charge in [-0.3, -0.25) is 9.59 Å². The van der Waals surface area contributed by atoms with Crippen LogP contribution in [0, 0.1) is 0 Å². The zero-order chi connectivity index (χ0) is 19.2. The number of aromatic nitrogens is 1. The minimum Gasteiger partial charge on any atom is -0.506 e. The average Bonchev–Trinajstić information content (AvgIpc) is 3.07. The number of hydrogen-bond acceptors (Lipinski definition) is 7. The van der Waals surface area contributed by atoms with Gasteiger partial charge in [-0.2, -0.15) is 0 Å². The largest absolute Gasteiger partial charge is 0.506 e. The van der Waals surface area contributed by atoms with E-state index >= 15 is 0 Å². The van der Waals surface area contributed by atoms with Gasteiger partial charge in [0.2, 0.25) is 0 Å². The van der Waals surface area contributed by atoms with Crippen LogP contribution in [-0.2, 0) is 19.7 Å². The van der Waals surface area contributed by atoms with Gasteiger partial charge in [0.05, 0.1) is 18.0 Å². The Morgan fingerprint density at radius 3 is 2.65 bits per heavy atom. The molecule has 1 atom stereocenters. The molecule has 0 spiro atoms. The number of carbonyl (C=O) groups excluding carboxylic acids is 1. The Kier molecular flexibility index (Phi) is 6.57. The van der Waals surface area contributed by atoms with Gasteiger partial charge in [0.1, 0.15) is 11.2 Å². The molecule has 1 heterocycles. The maximum Gasteiger partial charge on any atom is 0.318 e. The Labute approximate surface area is 155 Å². The molecule has 0 amide bonds. The van der Waals surface area contributed by atoms with Crippen LogP contribution in [-0.4, -0.2) is 33.7 Å². The van der Waals surface area contributed by atoms with Crippen LogP contribution >= 0.6 is 11.3 Å². The first-order chi connectivity index (χ1) is 12.4. The molecule has 1 aromatic carbocycles. The van der Waals surface area contributed by atoms with Crippen molar-refractivity contribution in [1.82, 2.24) is 4.98 Å². The Balaban J connectivity index is 2.33. The molecule has 0 aliphatic heterocycles. The normalized spacial score (nSPS) is 13.0. The number of benzene rings is 1. The van der Waals surface area contributed by atoms with Gasteiger partial charge < -0.3 is 20.3 Å². The fourth-order valence-electron chi connectivity index (χ4n) is 2.67. The number of nitrogens with zero attached hydrogens (tertiary/aromatic N) is 1. The number of rotatable bonds is 9. The number of carboxylic acid groups (broad SMARTS) is 1. The molecule has 0 fully saturated rings. The molecule has 0 aliphatic carbocycles. The van der Waals surface area contributed by atoms with Crippen LogP contribution in [0.25, 0.3) is 0 Å². The second kappa shape index (κ2) is 8.66. The molecule has 1 aromatic heterocycles. The van der Waals surface area contributed by atoms with Crippen molar-refractivity contribution in [2.75, 3.05) is 11.9 Å². The highest BCUT2D eigenvalue weighted by Crippen LogP contribution is 2.37. The average molecular weight is 378 g/mol. The van der Waals surface area contributed by atoms with Crippen molar-refractivity contribution in [3.63, 3.8) is 0 Å². The molecule has 0 saturated carbocycles. The molecule has 8 heteroatoms. The minimum absolute atomic E-state index is 0.0854. The van der Waals surface area contributed by atoms with Gasteiger partial charge in [0, 0.05) is 11.8 Å². The molecule has 0 aliphatic rings. The SMILES string of the molecule is CCOC(=O)C(CC)(CCC(=O)O)c1csc(Nc2ccccc2O)n1. The molecule has 3 N–H and O–H groups in total. The predicted molar refractivity (Wildman–Crippen MR) is 99.0 cm³/mol. The summed E-state index contributed by atoms with van der Waals surface area (Å²) in [5.41, 5.74) is -0.136. The van der Waals surface area contributed by atoms with E-state index in [4.69, 9.17) is 9.84 Å². The van der Waals surface area contributed by atoms with Crippen LogP contribution in [0.15, 0.2) is 29.6 Å². The van der Waals surface area contributed by atoms with Gasteiger partial charge in [0.15, 0.2) is 5.13 Å². The lowest BCUT2D eigenvalue weighted by atomic mass is 9.78. The van der Waals surface area contributed by atoms with E-state index in [0.717, 1.165) is 0 Å². The molecule has 0 radical (unpaired) electrons. The first-order valence-electron chi connectivity index (χ1n) is 8.33. The van der Waals surface area contributed by atoms with Gasteiger partial charge >= 0.3 is 11.9 Å². The van der Waals surface area contributed by atoms with Gasteiger partial charge in [-0.25, -0.2) is 4.98 Å². The fraction of sp³-hybridized carbons (Fsp3) is 0.389. The van der Waals surface area contributed by atoms with Crippen molar-refractivity contribution in [1.29, 1.82) is 0 Å². The lowest BCUT2D eigenvalue weighted by Gasteiger charge is -2.28. The Hall–Kier alpha value is -2.61. The molecular weight excluding hydrogens is 356 g/mol. The maximum absolute atomic E-state index is 12.6. The van der Waals surface area contributed by atoms with Crippen molar-refractivity contribution in [2.45, 2.75) is 38.5 Å². The maximum atomic E-state index is 12.6. The molecular formula is C18H22N2O5S. The number of esters is 1. The quantitative estimate of drug-likeness (QED) is 0.451. The monoisotopic (exact) mass is 378 g/mol. The van der Waals surface area contributed by atoms with Crippen molar-refractivity contribution < 1.29 is 24.5 Å². The third kappa shape index (κ3) is 4.32. The van der Waals surface area contributed by atoms with Crippen LogP contribution < -0.4 is 5.32 Å². The number of carboxylic acids is 1. The van der Waals surface area contributed by atoms with E-state index in [-0.39, 0.29) is 25.2 Å². The number of aromatic hydroxyl groups is 1. The van der Waals surface area contributed by atoms with Crippen LogP contribution in [0.2, 0.25) is 0 Å². The number of ether oxygens (including phenoxy) is 1. The van der Waals surface area contributed by atoms with Crippen molar-refractivity contribution in [3.8, 4) is 5.75 Å². The first kappa shape index (κ1) is 19.7. The number of phenols is 1. The number of carbonyl (C=O) groups is 2. The first-order valence-corrected chi connectivity index (χ1v) is 9.21. The molecule has 26 heavy (non-hydrogen) atoms. The summed E-state index contributed by atoms with van der Waals surface area (Å²) in [5.74, 6) is -1.36. The van der Waals surface area contributed by atoms with E-state index in [1.54, 1.807) is 36.6 Å². The second-order valence-corrected chi connectivity index (χ2v) is 6.59. The third-order valence-electron chi connectivity index (χ3n) is 4.18. The summed E-state index contributed by atoms with van der Waals surface area (Å²) in [6.45, 7) is 3.73. The number of thiazole rings is 1. The summed E-state index contributed by atoms with van der Waals surface area (Å²) in [7, 11) is 0. The number of hydrogen-bond donors (Lipinski definition) is 3. The number of aliphatic carboxylic acids is 1. The lowest BCUT2D eigenvalue weighted by molar-refractivity contribution is -0.151. The van der Waals surface area contributed by atoms with Crippen molar-refractivity contribution >= 4 is 34.1 Å². The predicted octanol–water partition coefficient (Wildman–Crippen LogP) is 3.67. The summed E-state index contributed by atoms with van der Waals surface area (Å²) < 4.78 is 5.20. The summed E-state index contributed by atoms with van der Waals surface area (Å²) in [6.07, 6.45) is 0.322.